The van der Waals surface area contributed by atoms with E-state index in [1.54, 1.807) is 13.1 Å². The Balaban J connectivity index is 1.83. The molecule has 0 aliphatic heterocycles. The van der Waals surface area contributed by atoms with E-state index in [1.807, 2.05) is 35.7 Å². The topological polar surface area (TPSA) is 70.5 Å². The molecule has 1 aliphatic carbocycles. The van der Waals surface area contributed by atoms with Crippen molar-refractivity contribution in [1.82, 2.24) is 4.98 Å². The third-order valence-corrected chi connectivity index (χ3v) is 5.57. The average Bonchev–Trinajstić information content (AvgIpc) is 3.10. The van der Waals surface area contributed by atoms with Crippen LogP contribution in [-0.2, 0) is 9.59 Å². The van der Waals surface area contributed by atoms with Crippen molar-refractivity contribution in [3.63, 3.8) is 0 Å². The van der Waals surface area contributed by atoms with Crippen molar-refractivity contribution in [2.24, 2.45) is 11.8 Å². The van der Waals surface area contributed by atoms with Crippen LogP contribution < -0.4 is 4.90 Å². The van der Waals surface area contributed by atoms with E-state index in [0.717, 1.165) is 5.56 Å². The number of carboxylic acids is 1. The van der Waals surface area contributed by atoms with E-state index in [-0.39, 0.29) is 5.91 Å². The number of allylic oxidation sites excluding steroid dienone is 2. The fraction of sp³-hybridized carbons (Fsp3) is 0.278. The Morgan fingerprint density at radius 3 is 2.60 bits per heavy atom. The molecule has 1 aromatic carbocycles. The number of aliphatic carboxylic acids is 1. The van der Waals surface area contributed by atoms with Crippen LogP contribution >= 0.6 is 22.9 Å². The van der Waals surface area contributed by atoms with Crippen molar-refractivity contribution < 1.29 is 14.7 Å². The predicted molar refractivity (Wildman–Crippen MR) is 99.0 cm³/mol. The highest BCUT2D eigenvalue weighted by Crippen LogP contribution is 2.33. The molecular weight excluding hydrogens is 360 g/mol. The summed E-state index contributed by atoms with van der Waals surface area (Å²) >= 11 is 7.53. The molecule has 0 fully saturated rings. The molecule has 1 aliphatic rings. The van der Waals surface area contributed by atoms with Crippen molar-refractivity contribution in [3.8, 4) is 11.3 Å². The Hall–Kier alpha value is -2.18. The second-order valence-electron chi connectivity index (χ2n) is 5.89. The SMILES string of the molecule is CN(C(=O)[C@@H]1CC=CC[C@@H]1C(=O)O)c1nc(-c2ccccc2Cl)cs1. The Morgan fingerprint density at radius 2 is 1.92 bits per heavy atom. The molecule has 0 bridgehead atoms. The maximum atomic E-state index is 12.8. The summed E-state index contributed by atoms with van der Waals surface area (Å²) in [5.41, 5.74) is 1.50. The highest BCUT2D eigenvalue weighted by atomic mass is 35.5. The van der Waals surface area contributed by atoms with Crippen LogP contribution in [0.2, 0.25) is 5.02 Å². The van der Waals surface area contributed by atoms with Crippen molar-refractivity contribution in [2.45, 2.75) is 12.8 Å². The van der Waals surface area contributed by atoms with Crippen molar-refractivity contribution >= 4 is 39.9 Å². The van der Waals surface area contributed by atoms with Gasteiger partial charge in [0, 0.05) is 23.0 Å². The number of aromatic nitrogens is 1. The van der Waals surface area contributed by atoms with E-state index >= 15 is 0 Å². The molecule has 1 amide bonds. The van der Waals surface area contributed by atoms with Gasteiger partial charge in [0.2, 0.25) is 5.91 Å². The molecule has 2 atom stereocenters. The first-order valence-corrected chi connectivity index (χ1v) is 9.10. The van der Waals surface area contributed by atoms with Crippen LogP contribution in [-0.4, -0.2) is 29.0 Å². The van der Waals surface area contributed by atoms with Gasteiger partial charge in [-0.05, 0) is 18.9 Å². The Labute approximate surface area is 154 Å². The summed E-state index contributed by atoms with van der Waals surface area (Å²) in [4.78, 5) is 30.2. The number of anilines is 1. The van der Waals surface area contributed by atoms with Gasteiger partial charge < -0.3 is 5.11 Å². The molecule has 2 aromatic rings. The zero-order valence-electron chi connectivity index (χ0n) is 13.6. The maximum absolute atomic E-state index is 12.8. The lowest BCUT2D eigenvalue weighted by Crippen LogP contribution is -2.40. The minimum Gasteiger partial charge on any atom is -0.481 e. The maximum Gasteiger partial charge on any atom is 0.307 e. The van der Waals surface area contributed by atoms with Crippen molar-refractivity contribution in [2.75, 3.05) is 11.9 Å². The zero-order chi connectivity index (χ0) is 18.0. The van der Waals surface area contributed by atoms with E-state index in [4.69, 9.17) is 11.6 Å². The number of carboxylic acid groups (broad SMARTS) is 1. The molecular formula is C18H17ClN2O3S. The molecule has 130 valence electrons. The third kappa shape index (κ3) is 3.60. The van der Waals surface area contributed by atoms with E-state index in [2.05, 4.69) is 4.98 Å². The first-order valence-electron chi connectivity index (χ1n) is 7.85. The fourth-order valence-corrected chi connectivity index (χ4v) is 3.94. The number of halogens is 1. The van der Waals surface area contributed by atoms with Gasteiger partial charge in [0.05, 0.1) is 17.5 Å². The molecule has 0 unspecified atom stereocenters. The molecule has 1 heterocycles. The third-order valence-electron chi connectivity index (χ3n) is 4.33. The summed E-state index contributed by atoms with van der Waals surface area (Å²) < 4.78 is 0. The van der Waals surface area contributed by atoms with E-state index in [0.29, 0.717) is 28.7 Å². The summed E-state index contributed by atoms with van der Waals surface area (Å²) in [6.07, 6.45) is 4.50. The molecule has 0 spiro atoms. The molecule has 7 heteroatoms. The first-order chi connectivity index (χ1) is 12.0. The predicted octanol–water partition coefficient (Wildman–Crippen LogP) is 4.09. The van der Waals surface area contributed by atoms with Gasteiger partial charge in [-0.2, -0.15) is 0 Å². The van der Waals surface area contributed by atoms with Crippen LogP contribution in [0.25, 0.3) is 11.3 Å². The second kappa shape index (κ2) is 7.37. The van der Waals surface area contributed by atoms with Gasteiger partial charge in [0.1, 0.15) is 0 Å². The van der Waals surface area contributed by atoms with Crippen LogP contribution in [0.3, 0.4) is 0 Å². The van der Waals surface area contributed by atoms with Gasteiger partial charge >= 0.3 is 5.97 Å². The Kier molecular flexibility index (Phi) is 5.20. The summed E-state index contributed by atoms with van der Waals surface area (Å²) in [7, 11) is 1.63. The van der Waals surface area contributed by atoms with Crippen LogP contribution in [0.15, 0.2) is 41.8 Å². The summed E-state index contributed by atoms with van der Waals surface area (Å²) in [6, 6.07) is 7.38. The molecule has 1 N–H and O–H groups in total. The van der Waals surface area contributed by atoms with Gasteiger partial charge in [-0.25, -0.2) is 4.98 Å². The van der Waals surface area contributed by atoms with Gasteiger partial charge in [-0.3, -0.25) is 14.5 Å². The standard InChI is InChI=1S/C18H17ClN2O3S/c1-21(16(22)11-6-2-3-7-12(11)17(23)24)18-20-15(10-25-18)13-8-4-5-9-14(13)19/h2-5,8-12H,6-7H2,1H3,(H,23,24)/t11-,12+/m1/s1. The first kappa shape index (κ1) is 17.6. The Morgan fingerprint density at radius 1 is 1.24 bits per heavy atom. The van der Waals surface area contributed by atoms with Gasteiger partial charge in [0.25, 0.3) is 0 Å². The average molecular weight is 377 g/mol. The number of carbonyl (C=O) groups is 2. The summed E-state index contributed by atoms with van der Waals surface area (Å²) in [5.74, 6) is -2.42. The quantitative estimate of drug-likeness (QED) is 0.816. The summed E-state index contributed by atoms with van der Waals surface area (Å²) in [6.45, 7) is 0. The molecule has 0 saturated carbocycles. The minimum absolute atomic E-state index is 0.225. The zero-order valence-corrected chi connectivity index (χ0v) is 15.1. The van der Waals surface area contributed by atoms with E-state index in [1.165, 1.54) is 16.2 Å². The monoisotopic (exact) mass is 376 g/mol. The summed E-state index contributed by atoms with van der Waals surface area (Å²) in [5, 5.41) is 12.3. The number of amides is 1. The van der Waals surface area contributed by atoms with Gasteiger partial charge in [-0.15, -0.1) is 11.3 Å². The largest absolute Gasteiger partial charge is 0.481 e. The normalized spacial score (nSPS) is 19.6. The van der Waals surface area contributed by atoms with E-state index < -0.39 is 17.8 Å². The molecule has 0 radical (unpaired) electrons. The Bertz CT molecular complexity index is 833. The van der Waals surface area contributed by atoms with Crippen LogP contribution in [0.1, 0.15) is 12.8 Å². The highest BCUT2D eigenvalue weighted by Gasteiger charge is 2.36. The molecule has 5 nitrogen and oxygen atoms in total. The lowest BCUT2D eigenvalue weighted by atomic mass is 9.82. The number of carbonyl (C=O) groups excluding carboxylic acids is 1. The lowest BCUT2D eigenvalue weighted by molar-refractivity contribution is -0.146. The number of rotatable bonds is 4. The van der Waals surface area contributed by atoms with Crippen molar-refractivity contribution in [1.29, 1.82) is 0 Å². The van der Waals surface area contributed by atoms with Crippen LogP contribution in [0.4, 0.5) is 5.13 Å². The van der Waals surface area contributed by atoms with Crippen LogP contribution in [0, 0.1) is 11.8 Å². The van der Waals surface area contributed by atoms with Gasteiger partial charge in [-0.1, -0.05) is 42.0 Å². The smallest absolute Gasteiger partial charge is 0.307 e. The minimum atomic E-state index is -0.938. The van der Waals surface area contributed by atoms with E-state index in [9.17, 15) is 14.7 Å². The number of hydrogen-bond acceptors (Lipinski definition) is 4. The van der Waals surface area contributed by atoms with Crippen LogP contribution in [0.5, 0.6) is 0 Å². The molecule has 25 heavy (non-hydrogen) atoms. The lowest BCUT2D eigenvalue weighted by Gasteiger charge is -2.27. The molecule has 0 saturated heterocycles. The number of hydrogen-bond donors (Lipinski definition) is 1. The highest BCUT2D eigenvalue weighted by molar-refractivity contribution is 7.14. The number of thiazole rings is 1. The second-order valence-corrected chi connectivity index (χ2v) is 7.13. The number of nitrogens with zero attached hydrogens (tertiary/aromatic N) is 2. The van der Waals surface area contributed by atoms with Crippen molar-refractivity contribution in [3.05, 3.63) is 46.8 Å². The fourth-order valence-electron chi connectivity index (χ4n) is 2.91. The number of benzene rings is 1. The molecule has 3 rings (SSSR count). The molecule has 1 aromatic heterocycles. The van der Waals surface area contributed by atoms with Gasteiger partial charge in [0.15, 0.2) is 5.13 Å².